The Labute approximate surface area is 160 Å². The molecule has 0 spiro atoms. The molecular formula is C22H39NO3. The number of carbonyl (C=O) groups excluding carboxylic acids is 1. The molecule has 1 aliphatic heterocycles. The van der Waals surface area contributed by atoms with E-state index in [-0.39, 0.29) is 35.4 Å². The Morgan fingerprint density at radius 3 is 2.15 bits per heavy atom. The number of ether oxygens (including phenoxy) is 2. The fourth-order valence-electron chi connectivity index (χ4n) is 4.23. The van der Waals surface area contributed by atoms with Crippen LogP contribution in [0.2, 0.25) is 0 Å². The van der Waals surface area contributed by atoms with Crippen LogP contribution in [-0.4, -0.2) is 25.3 Å². The third kappa shape index (κ3) is 4.60. The third-order valence-electron chi connectivity index (χ3n) is 6.38. The van der Waals surface area contributed by atoms with E-state index < -0.39 is 10.8 Å². The van der Waals surface area contributed by atoms with E-state index in [0.29, 0.717) is 6.61 Å². The summed E-state index contributed by atoms with van der Waals surface area (Å²) in [5.74, 6) is -0.0573. The normalized spacial score (nSPS) is 29.1. The largest absolute Gasteiger partial charge is 0.462 e. The second-order valence-electron chi connectivity index (χ2n) is 10.4. The van der Waals surface area contributed by atoms with Crippen LogP contribution in [0.15, 0.2) is 0 Å². The SMILES string of the molecule is CCC1[C@H](COC(=O)C(C)(CC(C)(C)C)C(C)(C)C)OC[C@]1(C#N)CC. The average molecular weight is 366 g/mol. The molecule has 4 heteroatoms. The Morgan fingerprint density at radius 1 is 1.19 bits per heavy atom. The number of hydrogen-bond donors (Lipinski definition) is 0. The van der Waals surface area contributed by atoms with Crippen LogP contribution in [0.5, 0.6) is 0 Å². The second-order valence-corrected chi connectivity index (χ2v) is 10.4. The van der Waals surface area contributed by atoms with Crippen molar-refractivity contribution in [1.29, 1.82) is 5.26 Å². The van der Waals surface area contributed by atoms with E-state index >= 15 is 0 Å². The monoisotopic (exact) mass is 365 g/mol. The van der Waals surface area contributed by atoms with Gasteiger partial charge in [-0.15, -0.1) is 0 Å². The van der Waals surface area contributed by atoms with Crippen LogP contribution >= 0.6 is 0 Å². The minimum atomic E-state index is -0.581. The van der Waals surface area contributed by atoms with E-state index in [2.05, 4.69) is 54.5 Å². The molecule has 0 aromatic rings. The van der Waals surface area contributed by atoms with Crippen LogP contribution < -0.4 is 0 Å². The molecule has 4 nitrogen and oxygen atoms in total. The zero-order valence-electron chi connectivity index (χ0n) is 18.4. The predicted octanol–water partition coefficient (Wildman–Crippen LogP) is 5.36. The van der Waals surface area contributed by atoms with Crippen molar-refractivity contribution < 1.29 is 14.3 Å². The average Bonchev–Trinajstić information content (AvgIpc) is 2.87. The van der Waals surface area contributed by atoms with Gasteiger partial charge in [0.15, 0.2) is 0 Å². The van der Waals surface area contributed by atoms with E-state index in [0.717, 1.165) is 19.3 Å². The highest BCUT2D eigenvalue weighted by atomic mass is 16.6. The summed E-state index contributed by atoms with van der Waals surface area (Å²) in [6, 6.07) is 2.47. The van der Waals surface area contributed by atoms with Gasteiger partial charge < -0.3 is 9.47 Å². The van der Waals surface area contributed by atoms with Crippen molar-refractivity contribution in [2.24, 2.45) is 27.6 Å². The zero-order valence-corrected chi connectivity index (χ0v) is 18.4. The first-order valence-corrected chi connectivity index (χ1v) is 9.96. The van der Waals surface area contributed by atoms with Crippen LogP contribution in [-0.2, 0) is 14.3 Å². The van der Waals surface area contributed by atoms with Gasteiger partial charge in [0.2, 0.25) is 0 Å². The molecule has 26 heavy (non-hydrogen) atoms. The minimum Gasteiger partial charge on any atom is -0.462 e. The van der Waals surface area contributed by atoms with Gasteiger partial charge in [-0.25, -0.2) is 0 Å². The van der Waals surface area contributed by atoms with E-state index in [1.807, 2.05) is 13.8 Å². The molecule has 0 N–H and O–H groups in total. The van der Waals surface area contributed by atoms with Crippen molar-refractivity contribution in [3.63, 3.8) is 0 Å². The number of nitrogens with zero attached hydrogens (tertiary/aromatic N) is 1. The highest BCUT2D eigenvalue weighted by molar-refractivity contribution is 5.77. The molecule has 4 atom stereocenters. The van der Waals surface area contributed by atoms with Gasteiger partial charge in [-0.2, -0.15) is 5.26 Å². The fraction of sp³-hybridized carbons (Fsp3) is 0.909. The molecule has 1 fully saturated rings. The first-order chi connectivity index (χ1) is 11.8. The summed E-state index contributed by atoms with van der Waals surface area (Å²) in [6.45, 7) is 19.5. The maximum atomic E-state index is 13.1. The molecule has 0 amide bonds. The quantitative estimate of drug-likeness (QED) is 0.594. The van der Waals surface area contributed by atoms with Crippen molar-refractivity contribution in [3.8, 4) is 6.07 Å². The molecule has 0 aliphatic carbocycles. The van der Waals surface area contributed by atoms with E-state index in [9.17, 15) is 10.1 Å². The van der Waals surface area contributed by atoms with Crippen molar-refractivity contribution in [1.82, 2.24) is 0 Å². The lowest BCUT2D eigenvalue weighted by molar-refractivity contribution is -0.168. The van der Waals surface area contributed by atoms with Crippen molar-refractivity contribution in [3.05, 3.63) is 0 Å². The minimum absolute atomic E-state index is 0.0229. The van der Waals surface area contributed by atoms with Crippen LogP contribution in [0.4, 0.5) is 0 Å². The van der Waals surface area contributed by atoms with Crippen molar-refractivity contribution >= 4 is 5.97 Å². The molecule has 2 unspecified atom stereocenters. The standard InChI is InChI=1S/C22H39NO3/c1-10-16-17(26-15-22(16,11-2)14-23)12-25-18(24)21(9,20(6,7)8)13-19(3,4)5/h16-17H,10-13,15H2,1-9H3/t16?,17-,21?,22+/m0/s1. The summed E-state index contributed by atoms with van der Waals surface area (Å²) in [5, 5.41) is 9.64. The second kappa shape index (κ2) is 7.89. The van der Waals surface area contributed by atoms with Gasteiger partial charge in [0.05, 0.1) is 29.6 Å². The first-order valence-electron chi connectivity index (χ1n) is 9.96. The smallest absolute Gasteiger partial charge is 0.312 e. The van der Waals surface area contributed by atoms with Crippen molar-refractivity contribution in [2.45, 2.75) is 87.7 Å². The van der Waals surface area contributed by atoms with Crippen LogP contribution in [0.25, 0.3) is 0 Å². The summed E-state index contributed by atoms with van der Waals surface area (Å²) < 4.78 is 11.7. The summed E-state index contributed by atoms with van der Waals surface area (Å²) in [7, 11) is 0. The van der Waals surface area contributed by atoms with Gasteiger partial charge in [-0.1, -0.05) is 55.4 Å². The molecule has 150 valence electrons. The van der Waals surface area contributed by atoms with Crippen LogP contribution in [0.3, 0.4) is 0 Å². The molecule has 1 rings (SSSR count). The molecule has 1 saturated heterocycles. The Bertz CT molecular complexity index is 537. The predicted molar refractivity (Wildman–Crippen MR) is 104 cm³/mol. The van der Waals surface area contributed by atoms with Crippen molar-refractivity contribution in [2.75, 3.05) is 13.2 Å². The van der Waals surface area contributed by atoms with E-state index in [1.54, 1.807) is 0 Å². The van der Waals surface area contributed by atoms with Gasteiger partial charge in [0, 0.05) is 5.92 Å². The molecule has 1 aliphatic rings. The van der Waals surface area contributed by atoms with Gasteiger partial charge in [-0.3, -0.25) is 4.79 Å². The number of carbonyl (C=O) groups is 1. The number of rotatable bonds is 6. The Kier molecular flexibility index (Phi) is 6.96. The number of esters is 1. The molecule has 0 aromatic carbocycles. The zero-order chi connectivity index (χ0) is 20.4. The first kappa shape index (κ1) is 23.0. The van der Waals surface area contributed by atoms with Gasteiger partial charge in [-0.05, 0) is 37.0 Å². The Balaban J connectivity index is 2.91. The maximum Gasteiger partial charge on any atom is 0.312 e. The topological polar surface area (TPSA) is 59.3 Å². The Morgan fingerprint density at radius 2 is 1.77 bits per heavy atom. The summed E-state index contributed by atoms with van der Waals surface area (Å²) >= 11 is 0. The third-order valence-corrected chi connectivity index (χ3v) is 6.38. The molecule has 0 aromatic heterocycles. The van der Waals surface area contributed by atoms with Crippen LogP contribution in [0, 0.1) is 38.9 Å². The number of hydrogen-bond acceptors (Lipinski definition) is 4. The van der Waals surface area contributed by atoms with Gasteiger partial charge in [0.25, 0.3) is 0 Å². The molecule has 0 bridgehead atoms. The maximum absolute atomic E-state index is 13.1. The highest BCUT2D eigenvalue weighted by Crippen LogP contribution is 2.48. The fourth-order valence-corrected chi connectivity index (χ4v) is 4.23. The number of nitriles is 1. The van der Waals surface area contributed by atoms with E-state index in [1.165, 1.54) is 0 Å². The highest BCUT2D eigenvalue weighted by Gasteiger charge is 2.50. The van der Waals surface area contributed by atoms with Gasteiger partial charge >= 0.3 is 5.97 Å². The molecule has 0 saturated carbocycles. The summed E-state index contributed by atoms with van der Waals surface area (Å²) in [6.07, 6.45) is 2.17. The molecule has 0 radical (unpaired) electrons. The summed E-state index contributed by atoms with van der Waals surface area (Å²) in [4.78, 5) is 13.1. The van der Waals surface area contributed by atoms with Crippen LogP contribution in [0.1, 0.15) is 81.6 Å². The lowest BCUT2D eigenvalue weighted by atomic mass is 9.61. The molecule has 1 heterocycles. The Hall–Kier alpha value is -1.08. The van der Waals surface area contributed by atoms with Gasteiger partial charge in [0.1, 0.15) is 6.61 Å². The van der Waals surface area contributed by atoms with E-state index in [4.69, 9.17) is 9.47 Å². The lowest BCUT2D eigenvalue weighted by Gasteiger charge is -2.43. The lowest BCUT2D eigenvalue weighted by Crippen LogP contribution is -2.45. The molecular weight excluding hydrogens is 326 g/mol. The summed E-state index contributed by atoms with van der Waals surface area (Å²) in [5.41, 5.74) is -1.22.